The normalized spacial score (nSPS) is 14.2. The molecule has 1 amide bonds. The van der Waals surface area contributed by atoms with E-state index in [1.807, 2.05) is 13.8 Å². The van der Waals surface area contributed by atoms with Gasteiger partial charge in [0, 0.05) is 6.42 Å². The fourth-order valence-corrected chi connectivity index (χ4v) is 1.45. The Hall–Kier alpha value is -1.99. The number of amides is 1. The molecular weight excluding hydrogens is 250 g/mol. The van der Waals surface area contributed by atoms with Crippen LogP contribution < -0.4 is 5.32 Å². The number of carboxylic acids is 1. The molecule has 0 saturated heterocycles. The molecule has 0 radical (unpaired) electrons. The molecule has 106 valence electrons. The number of aromatic nitrogens is 4. The Morgan fingerprint density at radius 1 is 1.47 bits per heavy atom. The van der Waals surface area contributed by atoms with Crippen molar-refractivity contribution in [2.24, 2.45) is 13.0 Å². The number of hydrogen-bond acceptors (Lipinski definition) is 5. The van der Waals surface area contributed by atoms with E-state index in [1.54, 1.807) is 0 Å². The highest BCUT2D eigenvalue weighted by molar-refractivity contribution is 5.86. The van der Waals surface area contributed by atoms with E-state index in [-0.39, 0.29) is 18.2 Å². The number of aryl methyl sites for hydroxylation is 1. The zero-order valence-corrected chi connectivity index (χ0v) is 11.5. The molecule has 1 aromatic rings. The lowest BCUT2D eigenvalue weighted by atomic mass is 10.0. The Bertz CT molecular complexity index is 471. The van der Waals surface area contributed by atoms with Crippen molar-refractivity contribution in [1.82, 2.24) is 25.5 Å². The van der Waals surface area contributed by atoms with E-state index in [4.69, 9.17) is 0 Å². The van der Waals surface area contributed by atoms with Gasteiger partial charge in [-0.15, -0.1) is 10.2 Å². The van der Waals surface area contributed by atoms with Gasteiger partial charge < -0.3 is 10.4 Å². The first kappa shape index (κ1) is 15.1. The Morgan fingerprint density at radius 3 is 2.53 bits per heavy atom. The second kappa shape index (κ2) is 5.77. The van der Waals surface area contributed by atoms with Crippen LogP contribution in [-0.4, -0.2) is 37.2 Å². The lowest BCUT2D eigenvalue weighted by molar-refractivity contribution is -0.147. The molecular formula is C11H19N5O3. The quantitative estimate of drug-likeness (QED) is 0.755. The summed E-state index contributed by atoms with van der Waals surface area (Å²) in [6, 6.07) is 0. The van der Waals surface area contributed by atoms with Crippen molar-refractivity contribution in [2.45, 2.75) is 39.2 Å². The highest BCUT2D eigenvalue weighted by Crippen LogP contribution is 2.17. The van der Waals surface area contributed by atoms with Gasteiger partial charge >= 0.3 is 5.97 Å². The predicted molar refractivity (Wildman–Crippen MR) is 66.0 cm³/mol. The van der Waals surface area contributed by atoms with E-state index in [0.29, 0.717) is 12.3 Å². The number of nitrogens with zero attached hydrogens (tertiary/aromatic N) is 4. The Kier molecular flexibility index (Phi) is 4.57. The molecule has 0 bridgehead atoms. The van der Waals surface area contributed by atoms with Crippen LogP contribution in [0.5, 0.6) is 0 Å². The predicted octanol–water partition coefficient (Wildman–Crippen LogP) is 0.0623. The fourth-order valence-electron chi connectivity index (χ4n) is 1.45. The first-order valence-corrected chi connectivity index (χ1v) is 6.04. The largest absolute Gasteiger partial charge is 0.479 e. The second-order valence-electron chi connectivity index (χ2n) is 5.01. The smallest absolute Gasteiger partial charge is 0.337 e. The molecule has 0 fully saturated rings. The zero-order chi connectivity index (χ0) is 14.6. The Labute approximate surface area is 111 Å². The maximum atomic E-state index is 11.8. The van der Waals surface area contributed by atoms with Crippen molar-refractivity contribution in [3.05, 3.63) is 5.82 Å². The van der Waals surface area contributed by atoms with Crippen LogP contribution in [0.1, 0.15) is 39.4 Å². The number of tetrazole rings is 1. The standard InChI is InChI=1S/C11H19N5O3/c1-7(2)5-6-8(17)12-11(3,10(18)19)9-13-15-16(4)14-9/h7H,5-6H2,1-4H3,(H,12,17)(H,18,19). The summed E-state index contributed by atoms with van der Waals surface area (Å²) in [6.45, 7) is 5.33. The van der Waals surface area contributed by atoms with Gasteiger partial charge in [0.1, 0.15) is 0 Å². The number of aliphatic carboxylic acids is 1. The van der Waals surface area contributed by atoms with Gasteiger partial charge in [0.15, 0.2) is 5.54 Å². The maximum absolute atomic E-state index is 11.8. The minimum Gasteiger partial charge on any atom is -0.479 e. The van der Waals surface area contributed by atoms with Crippen LogP contribution in [0.15, 0.2) is 0 Å². The van der Waals surface area contributed by atoms with Crippen LogP contribution >= 0.6 is 0 Å². The second-order valence-corrected chi connectivity index (χ2v) is 5.01. The van der Waals surface area contributed by atoms with Gasteiger partial charge in [-0.1, -0.05) is 13.8 Å². The summed E-state index contributed by atoms with van der Waals surface area (Å²) in [4.78, 5) is 24.3. The van der Waals surface area contributed by atoms with E-state index in [0.717, 1.165) is 4.80 Å². The van der Waals surface area contributed by atoms with E-state index < -0.39 is 11.5 Å². The van der Waals surface area contributed by atoms with Crippen molar-refractivity contribution >= 4 is 11.9 Å². The molecule has 1 heterocycles. The van der Waals surface area contributed by atoms with Gasteiger partial charge in [0.05, 0.1) is 7.05 Å². The van der Waals surface area contributed by atoms with Crippen LogP contribution in [0.2, 0.25) is 0 Å². The third kappa shape index (κ3) is 3.73. The molecule has 8 nitrogen and oxygen atoms in total. The molecule has 0 aliphatic rings. The topological polar surface area (TPSA) is 110 Å². The van der Waals surface area contributed by atoms with Crippen molar-refractivity contribution in [2.75, 3.05) is 0 Å². The minimum absolute atomic E-state index is 0.0413. The summed E-state index contributed by atoms with van der Waals surface area (Å²) in [5.41, 5.74) is -1.66. The number of nitrogens with one attached hydrogen (secondary N) is 1. The van der Waals surface area contributed by atoms with E-state index in [1.165, 1.54) is 14.0 Å². The van der Waals surface area contributed by atoms with Crippen LogP contribution in [0, 0.1) is 5.92 Å². The highest BCUT2D eigenvalue weighted by atomic mass is 16.4. The van der Waals surface area contributed by atoms with Crippen LogP contribution in [0.25, 0.3) is 0 Å². The highest BCUT2D eigenvalue weighted by Gasteiger charge is 2.41. The molecule has 0 spiro atoms. The van der Waals surface area contributed by atoms with Crippen molar-refractivity contribution in [1.29, 1.82) is 0 Å². The maximum Gasteiger partial charge on any atom is 0.337 e. The van der Waals surface area contributed by atoms with Gasteiger partial charge in [-0.3, -0.25) is 4.79 Å². The lowest BCUT2D eigenvalue weighted by Crippen LogP contribution is -2.50. The van der Waals surface area contributed by atoms with Crippen molar-refractivity contribution < 1.29 is 14.7 Å². The summed E-state index contributed by atoms with van der Waals surface area (Å²) in [5.74, 6) is -1.23. The van der Waals surface area contributed by atoms with Crippen LogP contribution in [0.3, 0.4) is 0 Å². The molecule has 1 atom stereocenters. The van der Waals surface area contributed by atoms with Crippen LogP contribution in [0.4, 0.5) is 0 Å². The van der Waals surface area contributed by atoms with E-state index in [2.05, 4.69) is 20.7 Å². The summed E-state index contributed by atoms with van der Waals surface area (Å²) < 4.78 is 0. The first-order chi connectivity index (χ1) is 8.75. The number of carbonyl (C=O) groups is 2. The summed E-state index contributed by atoms with van der Waals surface area (Å²) >= 11 is 0. The molecule has 1 rings (SSSR count). The molecule has 0 saturated carbocycles. The lowest BCUT2D eigenvalue weighted by Gasteiger charge is -2.22. The van der Waals surface area contributed by atoms with Gasteiger partial charge in [0.25, 0.3) is 0 Å². The van der Waals surface area contributed by atoms with Gasteiger partial charge in [-0.2, -0.15) is 4.80 Å². The number of hydrogen-bond donors (Lipinski definition) is 2. The number of rotatable bonds is 6. The van der Waals surface area contributed by atoms with E-state index in [9.17, 15) is 14.7 Å². The van der Waals surface area contributed by atoms with Gasteiger partial charge in [-0.05, 0) is 24.5 Å². The fraction of sp³-hybridized carbons (Fsp3) is 0.727. The molecule has 0 aliphatic heterocycles. The monoisotopic (exact) mass is 269 g/mol. The van der Waals surface area contributed by atoms with Gasteiger partial charge in [0.2, 0.25) is 11.7 Å². The molecule has 1 unspecified atom stereocenters. The molecule has 1 aromatic heterocycles. The van der Waals surface area contributed by atoms with Crippen molar-refractivity contribution in [3.63, 3.8) is 0 Å². The Balaban J connectivity index is 2.83. The third-order valence-corrected chi connectivity index (χ3v) is 2.72. The SMILES string of the molecule is CC(C)CCC(=O)NC(C)(C(=O)O)c1nnn(C)n1. The molecule has 8 heteroatoms. The molecule has 2 N–H and O–H groups in total. The molecule has 0 aromatic carbocycles. The zero-order valence-electron chi connectivity index (χ0n) is 11.5. The van der Waals surface area contributed by atoms with E-state index >= 15 is 0 Å². The minimum atomic E-state index is -1.66. The Morgan fingerprint density at radius 2 is 2.11 bits per heavy atom. The average Bonchev–Trinajstić information content (AvgIpc) is 2.73. The first-order valence-electron chi connectivity index (χ1n) is 6.04. The van der Waals surface area contributed by atoms with Crippen LogP contribution in [-0.2, 0) is 22.2 Å². The van der Waals surface area contributed by atoms with Gasteiger partial charge in [-0.25, -0.2) is 4.79 Å². The number of carbonyl (C=O) groups excluding carboxylic acids is 1. The van der Waals surface area contributed by atoms with Crippen molar-refractivity contribution in [3.8, 4) is 0 Å². The number of carboxylic acid groups (broad SMARTS) is 1. The average molecular weight is 269 g/mol. The molecule has 19 heavy (non-hydrogen) atoms. The summed E-state index contributed by atoms with van der Waals surface area (Å²) in [7, 11) is 1.53. The summed E-state index contributed by atoms with van der Waals surface area (Å²) in [5, 5.41) is 22.9. The summed E-state index contributed by atoms with van der Waals surface area (Å²) in [6.07, 6.45) is 0.955. The third-order valence-electron chi connectivity index (χ3n) is 2.72. The molecule has 0 aliphatic carbocycles.